The molecule has 1 aromatic carbocycles. The largest absolute Gasteiger partial charge is 0.481 e. The predicted octanol–water partition coefficient (Wildman–Crippen LogP) is 1.46. The van der Waals surface area contributed by atoms with Crippen molar-refractivity contribution in [1.29, 1.82) is 0 Å². The van der Waals surface area contributed by atoms with Gasteiger partial charge in [-0.25, -0.2) is 9.89 Å². The van der Waals surface area contributed by atoms with Crippen LogP contribution in [0.15, 0.2) is 30.3 Å². The van der Waals surface area contributed by atoms with E-state index in [0.29, 0.717) is 25.5 Å². The Morgan fingerprint density at radius 2 is 2.17 bits per heavy atom. The van der Waals surface area contributed by atoms with Gasteiger partial charge in [0.1, 0.15) is 6.61 Å². The molecule has 1 aromatic heterocycles. The van der Waals surface area contributed by atoms with Crippen LogP contribution in [0.3, 0.4) is 0 Å². The number of anilines is 2. The van der Waals surface area contributed by atoms with Crippen molar-refractivity contribution in [2.24, 2.45) is 5.92 Å². The van der Waals surface area contributed by atoms with Crippen LogP contribution in [0.2, 0.25) is 0 Å². The molecule has 126 valence electrons. The Hall–Kier alpha value is -3.10. The van der Waals surface area contributed by atoms with Gasteiger partial charge < -0.3 is 14.7 Å². The molecule has 1 unspecified atom stereocenters. The molecule has 0 spiro atoms. The molecule has 0 bridgehead atoms. The Bertz CT molecular complexity index is 718. The molecule has 0 radical (unpaired) electrons. The third-order valence-corrected chi connectivity index (χ3v) is 3.73. The molecule has 0 saturated carbocycles. The molecule has 1 saturated heterocycles. The number of amides is 1. The number of H-pyrrole nitrogens is 1. The molecule has 0 aliphatic carbocycles. The van der Waals surface area contributed by atoms with E-state index in [0.717, 1.165) is 5.56 Å². The van der Waals surface area contributed by atoms with Gasteiger partial charge in [0.15, 0.2) is 0 Å². The molecule has 2 heterocycles. The first-order chi connectivity index (χ1) is 11.6. The first-order valence-corrected chi connectivity index (χ1v) is 7.49. The summed E-state index contributed by atoms with van der Waals surface area (Å²) in [6.45, 7) is 1.07. The maximum atomic E-state index is 11.7. The molecule has 9 heteroatoms. The van der Waals surface area contributed by atoms with Crippen LogP contribution in [0.25, 0.3) is 0 Å². The summed E-state index contributed by atoms with van der Waals surface area (Å²) < 4.78 is 5.09. The van der Waals surface area contributed by atoms with Crippen LogP contribution in [-0.4, -0.2) is 45.4 Å². The first-order valence-electron chi connectivity index (χ1n) is 7.49. The highest BCUT2D eigenvalue weighted by molar-refractivity contribution is 5.82. The summed E-state index contributed by atoms with van der Waals surface area (Å²) in [5, 5.41) is 18.0. The van der Waals surface area contributed by atoms with E-state index in [-0.39, 0.29) is 12.6 Å². The summed E-state index contributed by atoms with van der Waals surface area (Å²) in [5.41, 5.74) is 0.877. The molecular formula is C15H17N5O4. The van der Waals surface area contributed by atoms with E-state index in [1.54, 1.807) is 4.90 Å². The van der Waals surface area contributed by atoms with Crippen LogP contribution >= 0.6 is 0 Å². The number of carbonyl (C=O) groups is 2. The van der Waals surface area contributed by atoms with E-state index in [9.17, 15) is 9.59 Å². The number of hydrogen-bond donors (Lipinski definition) is 3. The Morgan fingerprint density at radius 3 is 2.88 bits per heavy atom. The van der Waals surface area contributed by atoms with Crippen molar-refractivity contribution in [2.45, 2.75) is 13.0 Å². The van der Waals surface area contributed by atoms with Gasteiger partial charge in [-0.1, -0.05) is 30.3 Å². The number of carboxylic acids is 1. The second-order valence-electron chi connectivity index (χ2n) is 5.44. The SMILES string of the molecule is O=C(Nc1nc(N2CCC(C(=O)O)C2)n[nH]1)OCc1ccccc1. The van der Waals surface area contributed by atoms with Crippen molar-refractivity contribution in [2.75, 3.05) is 23.3 Å². The van der Waals surface area contributed by atoms with E-state index in [1.807, 2.05) is 30.3 Å². The molecule has 3 N–H and O–H groups in total. The van der Waals surface area contributed by atoms with Crippen molar-refractivity contribution >= 4 is 24.0 Å². The Labute approximate surface area is 137 Å². The fraction of sp³-hybridized carbons (Fsp3) is 0.333. The number of carbonyl (C=O) groups excluding carboxylic acids is 1. The minimum Gasteiger partial charge on any atom is -0.481 e. The number of hydrogen-bond acceptors (Lipinski definition) is 6. The molecule has 1 fully saturated rings. The zero-order chi connectivity index (χ0) is 16.9. The smallest absolute Gasteiger partial charge is 0.414 e. The Morgan fingerprint density at radius 1 is 1.38 bits per heavy atom. The Kier molecular flexibility index (Phi) is 4.59. The number of ether oxygens (including phenoxy) is 1. The summed E-state index contributed by atoms with van der Waals surface area (Å²) in [6, 6.07) is 9.31. The lowest BCUT2D eigenvalue weighted by molar-refractivity contribution is -0.140. The number of nitrogens with one attached hydrogen (secondary N) is 2. The third-order valence-electron chi connectivity index (χ3n) is 3.73. The maximum Gasteiger partial charge on any atom is 0.414 e. The molecule has 1 aliphatic rings. The van der Waals surface area contributed by atoms with Gasteiger partial charge in [-0.15, -0.1) is 5.10 Å². The van der Waals surface area contributed by atoms with Crippen LogP contribution in [0.5, 0.6) is 0 Å². The van der Waals surface area contributed by atoms with Gasteiger partial charge >= 0.3 is 12.1 Å². The molecule has 1 aliphatic heterocycles. The van der Waals surface area contributed by atoms with Crippen LogP contribution in [-0.2, 0) is 16.1 Å². The molecule has 9 nitrogen and oxygen atoms in total. The average Bonchev–Trinajstić information content (AvgIpc) is 3.23. The van der Waals surface area contributed by atoms with E-state index >= 15 is 0 Å². The summed E-state index contributed by atoms with van der Waals surface area (Å²) in [6.07, 6.45) is -0.0995. The number of rotatable bonds is 5. The minimum atomic E-state index is -0.823. The van der Waals surface area contributed by atoms with Crippen molar-refractivity contribution in [1.82, 2.24) is 15.2 Å². The van der Waals surface area contributed by atoms with Crippen LogP contribution < -0.4 is 10.2 Å². The first kappa shape index (κ1) is 15.8. The number of benzene rings is 1. The number of aromatic nitrogens is 3. The predicted molar refractivity (Wildman–Crippen MR) is 84.6 cm³/mol. The number of aromatic amines is 1. The van der Waals surface area contributed by atoms with Crippen molar-refractivity contribution in [3.05, 3.63) is 35.9 Å². The lowest BCUT2D eigenvalue weighted by Crippen LogP contribution is -2.23. The highest BCUT2D eigenvalue weighted by Gasteiger charge is 2.30. The minimum absolute atomic E-state index is 0.153. The van der Waals surface area contributed by atoms with Gasteiger partial charge in [0, 0.05) is 13.1 Å². The van der Waals surface area contributed by atoms with E-state index in [4.69, 9.17) is 9.84 Å². The molecule has 24 heavy (non-hydrogen) atoms. The van der Waals surface area contributed by atoms with Gasteiger partial charge in [0.2, 0.25) is 11.9 Å². The Balaban J connectivity index is 1.51. The van der Waals surface area contributed by atoms with Gasteiger partial charge in [-0.3, -0.25) is 10.1 Å². The zero-order valence-electron chi connectivity index (χ0n) is 12.8. The summed E-state index contributed by atoms with van der Waals surface area (Å²) in [5.74, 6) is -0.731. The lowest BCUT2D eigenvalue weighted by Gasteiger charge is -2.11. The summed E-state index contributed by atoms with van der Waals surface area (Å²) >= 11 is 0. The quantitative estimate of drug-likeness (QED) is 0.758. The fourth-order valence-electron chi connectivity index (χ4n) is 2.45. The third kappa shape index (κ3) is 3.80. The maximum absolute atomic E-state index is 11.7. The van der Waals surface area contributed by atoms with Crippen molar-refractivity contribution < 1.29 is 19.4 Å². The second kappa shape index (κ2) is 6.99. The van der Waals surface area contributed by atoms with Gasteiger partial charge in [-0.2, -0.15) is 4.98 Å². The number of carboxylic acid groups (broad SMARTS) is 1. The van der Waals surface area contributed by atoms with Crippen molar-refractivity contribution in [3.63, 3.8) is 0 Å². The van der Waals surface area contributed by atoms with E-state index in [2.05, 4.69) is 20.5 Å². The molecule has 1 amide bonds. The van der Waals surface area contributed by atoms with Crippen LogP contribution in [0, 0.1) is 5.92 Å². The van der Waals surface area contributed by atoms with Crippen LogP contribution in [0.1, 0.15) is 12.0 Å². The average molecular weight is 331 g/mol. The molecule has 1 atom stereocenters. The highest BCUT2D eigenvalue weighted by atomic mass is 16.5. The second-order valence-corrected chi connectivity index (χ2v) is 5.44. The summed E-state index contributed by atoms with van der Waals surface area (Å²) in [4.78, 5) is 28.6. The van der Waals surface area contributed by atoms with Gasteiger partial charge in [0.05, 0.1) is 5.92 Å². The lowest BCUT2D eigenvalue weighted by atomic mass is 10.1. The van der Waals surface area contributed by atoms with E-state index < -0.39 is 18.0 Å². The van der Waals surface area contributed by atoms with Gasteiger partial charge in [0.25, 0.3) is 0 Å². The summed E-state index contributed by atoms with van der Waals surface area (Å²) in [7, 11) is 0. The van der Waals surface area contributed by atoms with Crippen LogP contribution in [0.4, 0.5) is 16.7 Å². The number of nitrogens with zero attached hydrogens (tertiary/aromatic N) is 3. The normalized spacial score (nSPS) is 16.8. The van der Waals surface area contributed by atoms with Gasteiger partial charge in [-0.05, 0) is 12.0 Å². The van der Waals surface area contributed by atoms with Crippen molar-refractivity contribution in [3.8, 4) is 0 Å². The van der Waals surface area contributed by atoms with E-state index in [1.165, 1.54) is 0 Å². The zero-order valence-corrected chi connectivity index (χ0v) is 12.8. The standard InChI is InChI=1S/C15H17N5O4/c21-12(22)11-6-7-20(8-11)14-16-13(18-19-14)17-15(23)24-9-10-4-2-1-3-5-10/h1-5,11H,6-9H2,(H,21,22)(H2,16,17,18,19,23). The number of aliphatic carboxylic acids is 1. The molecular weight excluding hydrogens is 314 g/mol. The fourth-order valence-corrected chi connectivity index (χ4v) is 2.45. The molecule has 3 rings (SSSR count). The molecule has 2 aromatic rings. The topological polar surface area (TPSA) is 120 Å². The monoisotopic (exact) mass is 331 g/mol. The highest BCUT2D eigenvalue weighted by Crippen LogP contribution is 2.21.